The van der Waals surface area contributed by atoms with Crippen molar-refractivity contribution in [2.75, 3.05) is 5.32 Å². The molecule has 126 valence electrons. The van der Waals surface area contributed by atoms with Gasteiger partial charge in [0.2, 0.25) is 0 Å². The van der Waals surface area contributed by atoms with Crippen LogP contribution in [0.3, 0.4) is 0 Å². The van der Waals surface area contributed by atoms with Crippen LogP contribution in [0.4, 0.5) is 5.82 Å². The maximum atomic E-state index is 4.60. The third kappa shape index (κ3) is 2.77. The molecule has 0 amide bonds. The van der Waals surface area contributed by atoms with E-state index in [1.165, 1.54) is 32.1 Å². The van der Waals surface area contributed by atoms with Crippen LogP contribution >= 0.6 is 0 Å². The number of aromatic amines is 1. The summed E-state index contributed by atoms with van der Waals surface area (Å²) in [5, 5.41) is 16.8. The van der Waals surface area contributed by atoms with Crippen LogP contribution in [0.25, 0.3) is 22.2 Å². The lowest BCUT2D eigenvalue weighted by Crippen LogP contribution is -2.22. The number of nitrogens with zero attached hydrogens (tertiary/aromatic N) is 4. The zero-order valence-corrected chi connectivity index (χ0v) is 14.3. The van der Waals surface area contributed by atoms with Crippen molar-refractivity contribution in [1.82, 2.24) is 25.0 Å². The van der Waals surface area contributed by atoms with Gasteiger partial charge in [-0.2, -0.15) is 10.2 Å². The average molecular weight is 324 g/mol. The molecule has 0 saturated heterocycles. The molecule has 0 spiro atoms. The fourth-order valence-corrected chi connectivity index (χ4v) is 3.47. The number of H-pyrrole nitrogens is 1. The van der Waals surface area contributed by atoms with Gasteiger partial charge >= 0.3 is 0 Å². The molecule has 0 unspecified atom stereocenters. The number of aromatic nitrogens is 5. The van der Waals surface area contributed by atoms with Gasteiger partial charge in [-0.3, -0.25) is 9.78 Å². The lowest BCUT2D eigenvalue weighted by Gasteiger charge is -2.23. The summed E-state index contributed by atoms with van der Waals surface area (Å²) < 4.78 is 1.96. The van der Waals surface area contributed by atoms with Gasteiger partial charge in [0.25, 0.3) is 0 Å². The number of nitrogens with one attached hydrogen (secondary N) is 2. The van der Waals surface area contributed by atoms with E-state index in [2.05, 4.69) is 45.6 Å². The van der Waals surface area contributed by atoms with Crippen LogP contribution in [0, 0.1) is 0 Å². The Morgan fingerprint density at radius 2 is 2.08 bits per heavy atom. The first-order valence-electron chi connectivity index (χ1n) is 8.86. The molecule has 6 nitrogen and oxygen atoms in total. The molecule has 3 aromatic rings. The number of anilines is 1. The standard InChI is InChI=1S/C18H24N6/c1-12(2)24-11-13(10-20-24)17-16-15(22-23-17)8-9-19-18(16)21-14-6-4-3-5-7-14/h8-12,14H,3-7H2,1-2H3,(H,19,21)(H,22,23). The molecule has 1 aliphatic carbocycles. The summed E-state index contributed by atoms with van der Waals surface area (Å²) in [5.41, 5.74) is 2.95. The minimum absolute atomic E-state index is 0.335. The van der Waals surface area contributed by atoms with Gasteiger partial charge in [-0.1, -0.05) is 19.3 Å². The largest absolute Gasteiger partial charge is 0.367 e. The molecule has 1 saturated carbocycles. The molecule has 3 aromatic heterocycles. The topological polar surface area (TPSA) is 71.4 Å². The Hall–Kier alpha value is -2.37. The second kappa shape index (κ2) is 6.26. The zero-order valence-electron chi connectivity index (χ0n) is 14.3. The number of fused-ring (bicyclic) bond motifs is 1. The predicted octanol–water partition coefficient (Wildman–Crippen LogP) is 4.15. The highest BCUT2D eigenvalue weighted by Crippen LogP contribution is 2.32. The SMILES string of the molecule is CC(C)n1cc(-c2n[nH]c3ccnc(NC4CCCCC4)c23)cn1. The van der Waals surface area contributed by atoms with Crippen molar-refractivity contribution in [3.63, 3.8) is 0 Å². The minimum atomic E-state index is 0.335. The van der Waals surface area contributed by atoms with Crippen molar-refractivity contribution in [3.8, 4) is 11.3 Å². The third-order valence-electron chi connectivity index (χ3n) is 4.83. The second-order valence-electron chi connectivity index (χ2n) is 6.94. The van der Waals surface area contributed by atoms with Crippen LogP contribution in [-0.4, -0.2) is 31.0 Å². The average Bonchev–Trinajstić information content (AvgIpc) is 3.23. The zero-order chi connectivity index (χ0) is 16.5. The first-order chi connectivity index (χ1) is 11.7. The molecular weight excluding hydrogens is 300 g/mol. The number of pyridine rings is 1. The van der Waals surface area contributed by atoms with Gasteiger partial charge in [0.1, 0.15) is 11.5 Å². The van der Waals surface area contributed by atoms with Gasteiger partial charge in [-0.15, -0.1) is 0 Å². The number of hydrogen-bond donors (Lipinski definition) is 2. The Bertz CT molecular complexity index is 825. The molecule has 0 aliphatic heterocycles. The highest BCUT2D eigenvalue weighted by atomic mass is 15.3. The predicted molar refractivity (Wildman–Crippen MR) is 96.0 cm³/mol. The summed E-state index contributed by atoms with van der Waals surface area (Å²) in [6, 6.07) is 2.82. The van der Waals surface area contributed by atoms with Crippen molar-refractivity contribution in [2.24, 2.45) is 0 Å². The smallest absolute Gasteiger partial charge is 0.137 e. The summed E-state index contributed by atoms with van der Waals surface area (Å²) in [6.07, 6.45) is 12.2. The molecule has 1 aliphatic rings. The Morgan fingerprint density at radius 3 is 2.83 bits per heavy atom. The maximum Gasteiger partial charge on any atom is 0.137 e. The Balaban J connectivity index is 1.73. The molecule has 0 radical (unpaired) electrons. The van der Waals surface area contributed by atoms with Crippen molar-refractivity contribution in [3.05, 3.63) is 24.7 Å². The van der Waals surface area contributed by atoms with Crippen molar-refractivity contribution in [2.45, 2.75) is 58.0 Å². The van der Waals surface area contributed by atoms with Crippen LogP contribution in [0.15, 0.2) is 24.7 Å². The molecular formula is C18H24N6. The fourth-order valence-electron chi connectivity index (χ4n) is 3.47. The first kappa shape index (κ1) is 15.2. The molecule has 4 rings (SSSR count). The van der Waals surface area contributed by atoms with Gasteiger partial charge in [0.05, 0.1) is 17.1 Å². The van der Waals surface area contributed by atoms with Gasteiger partial charge in [0.15, 0.2) is 0 Å². The molecule has 2 N–H and O–H groups in total. The van der Waals surface area contributed by atoms with E-state index in [1.54, 1.807) is 0 Å². The van der Waals surface area contributed by atoms with Crippen LogP contribution in [0.2, 0.25) is 0 Å². The Kier molecular flexibility index (Phi) is 3.96. The van der Waals surface area contributed by atoms with E-state index < -0.39 is 0 Å². The molecule has 0 bridgehead atoms. The highest BCUT2D eigenvalue weighted by Gasteiger charge is 2.19. The first-order valence-corrected chi connectivity index (χ1v) is 8.86. The van der Waals surface area contributed by atoms with E-state index in [9.17, 15) is 0 Å². The van der Waals surface area contributed by atoms with Crippen molar-refractivity contribution in [1.29, 1.82) is 0 Å². The number of hydrogen-bond acceptors (Lipinski definition) is 4. The molecule has 0 atom stereocenters. The monoisotopic (exact) mass is 324 g/mol. The summed E-state index contributed by atoms with van der Waals surface area (Å²) in [5.74, 6) is 0.931. The van der Waals surface area contributed by atoms with Gasteiger partial charge in [-0.05, 0) is 32.8 Å². The van der Waals surface area contributed by atoms with E-state index >= 15 is 0 Å². The second-order valence-corrected chi connectivity index (χ2v) is 6.94. The summed E-state index contributed by atoms with van der Waals surface area (Å²) in [4.78, 5) is 4.60. The quantitative estimate of drug-likeness (QED) is 0.756. The van der Waals surface area contributed by atoms with Gasteiger partial charge in [0, 0.05) is 30.0 Å². The lowest BCUT2D eigenvalue weighted by atomic mass is 9.95. The van der Waals surface area contributed by atoms with E-state index in [0.29, 0.717) is 12.1 Å². The van der Waals surface area contributed by atoms with Gasteiger partial charge in [-0.25, -0.2) is 4.98 Å². The molecule has 24 heavy (non-hydrogen) atoms. The number of rotatable bonds is 4. The molecule has 0 aromatic carbocycles. The van der Waals surface area contributed by atoms with E-state index in [4.69, 9.17) is 0 Å². The van der Waals surface area contributed by atoms with Crippen molar-refractivity contribution < 1.29 is 0 Å². The van der Waals surface area contributed by atoms with E-state index in [0.717, 1.165) is 28.0 Å². The Labute approximate surface area is 141 Å². The molecule has 3 heterocycles. The van der Waals surface area contributed by atoms with Gasteiger partial charge < -0.3 is 5.32 Å². The minimum Gasteiger partial charge on any atom is -0.367 e. The van der Waals surface area contributed by atoms with Crippen LogP contribution in [0.1, 0.15) is 52.0 Å². The summed E-state index contributed by atoms with van der Waals surface area (Å²) >= 11 is 0. The van der Waals surface area contributed by atoms with Crippen LogP contribution in [-0.2, 0) is 0 Å². The molecule has 6 heteroatoms. The molecule has 1 fully saturated rings. The van der Waals surface area contributed by atoms with E-state index in [-0.39, 0.29) is 0 Å². The Morgan fingerprint density at radius 1 is 1.25 bits per heavy atom. The fraction of sp³-hybridized carbons (Fsp3) is 0.500. The maximum absolute atomic E-state index is 4.60. The third-order valence-corrected chi connectivity index (χ3v) is 4.83. The lowest BCUT2D eigenvalue weighted by molar-refractivity contribution is 0.462. The van der Waals surface area contributed by atoms with Crippen LogP contribution in [0.5, 0.6) is 0 Å². The van der Waals surface area contributed by atoms with E-state index in [1.807, 2.05) is 23.1 Å². The normalized spacial score (nSPS) is 16.1. The summed E-state index contributed by atoms with van der Waals surface area (Å²) in [7, 11) is 0. The van der Waals surface area contributed by atoms with Crippen LogP contribution < -0.4 is 5.32 Å². The highest BCUT2D eigenvalue weighted by molar-refractivity contribution is 6.00. The van der Waals surface area contributed by atoms with Crippen molar-refractivity contribution >= 4 is 16.7 Å². The summed E-state index contributed by atoms with van der Waals surface area (Å²) in [6.45, 7) is 4.24.